The molecule has 0 unspecified atom stereocenters. The van der Waals surface area contributed by atoms with Crippen LogP contribution in [0.4, 0.5) is 5.69 Å². The number of amides is 1. The largest absolute Gasteiger partial charge is 0.497 e. The summed E-state index contributed by atoms with van der Waals surface area (Å²) >= 11 is 1.67. The summed E-state index contributed by atoms with van der Waals surface area (Å²) in [6.07, 6.45) is 0. The van der Waals surface area contributed by atoms with Gasteiger partial charge < -0.3 is 4.74 Å². The molecule has 1 saturated heterocycles. The molecular formula is C17H17NO2S. The van der Waals surface area contributed by atoms with Crippen LogP contribution in [0.15, 0.2) is 48.5 Å². The first-order valence-corrected chi connectivity index (χ1v) is 7.88. The number of methoxy groups -OCH3 is 1. The minimum absolute atomic E-state index is 0.0477. The van der Waals surface area contributed by atoms with Gasteiger partial charge in [0.15, 0.2) is 0 Å². The summed E-state index contributed by atoms with van der Waals surface area (Å²) in [5, 5.41) is 0.0477. The van der Waals surface area contributed by atoms with Crippen LogP contribution in [-0.2, 0) is 4.79 Å². The van der Waals surface area contributed by atoms with Gasteiger partial charge in [0.25, 0.3) is 0 Å². The van der Waals surface area contributed by atoms with E-state index in [0.717, 1.165) is 17.0 Å². The van der Waals surface area contributed by atoms with Gasteiger partial charge in [0.1, 0.15) is 11.1 Å². The topological polar surface area (TPSA) is 29.5 Å². The van der Waals surface area contributed by atoms with Gasteiger partial charge in [-0.2, -0.15) is 0 Å². The zero-order valence-corrected chi connectivity index (χ0v) is 12.9. The van der Waals surface area contributed by atoms with Crippen molar-refractivity contribution in [3.8, 4) is 5.75 Å². The molecule has 1 aliphatic heterocycles. The Bertz CT molecular complexity index is 637. The molecule has 2 aromatic rings. The smallest absolute Gasteiger partial charge is 0.238 e. The summed E-state index contributed by atoms with van der Waals surface area (Å²) in [7, 11) is 1.64. The van der Waals surface area contributed by atoms with Gasteiger partial charge >= 0.3 is 0 Å². The molecule has 3 nitrogen and oxygen atoms in total. The Morgan fingerprint density at radius 1 is 1.10 bits per heavy atom. The predicted octanol–water partition coefficient (Wildman–Crippen LogP) is 3.78. The summed E-state index contributed by atoms with van der Waals surface area (Å²) < 4.78 is 5.17. The third-order valence-corrected chi connectivity index (χ3v) is 4.79. The molecule has 1 amide bonds. The maximum Gasteiger partial charge on any atom is 0.238 e. The first-order chi connectivity index (χ1) is 10.2. The molecule has 4 heteroatoms. The normalized spacial score (nSPS) is 18.1. The molecule has 1 aliphatic rings. The molecule has 3 rings (SSSR count). The predicted molar refractivity (Wildman–Crippen MR) is 86.9 cm³/mol. The average Bonchev–Trinajstić information content (AvgIpc) is 2.90. The number of benzene rings is 2. The molecule has 21 heavy (non-hydrogen) atoms. The molecule has 108 valence electrons. The molecule has 0 bridgehead atoms. The lowest BCUT2D eigenvalue weighted by Crippen LogP contribution is -2.27. The van der Waals surface area contributed by atoms with Crippen molar-refractivity contribution in [2.45, 2.75) is 12.3 Å². The summed E-state index contributed by atoms with van der Waals surface area (Å²) in [4.78, 5) is 14.1. The molecule has 1 atom stereocenters. The van der Waals surface area contributed by atoms with Gasteiger partial charge in [0.05, 0.1) is 12.9 Å². The van der Waals surface area contributed by atoms with E-state index >= 15 is 0 Å². The summed E-state index contributed by atoms with van der Waals surface area (Å²) in [5.74, 6) is 1.46. The molecule has 0 aliphatic carbocycles. The van der Waals surface area contributed by atoms with Crippen LogP contribution in [0, 0.1) is 6.92 Å². The second kappa shape index (κ2) is 5.82. The minimum Gasteiger partial charge on any atom is -0.497 e. The maximum atomic E-state index is 12.3. The van der Waals surface area contributed by atoms with E-state index < -0.39 is 0 Å². The summed E-state index contributed by atoms with van der Waals surface area (Å²) in [5.41, 5.74) is 3.30. The van der Waals surface area contributed by atoms with Crippen LogP contribution in [0.25, 0.3) is 0 Å². The molecule has 1 heterocycles. The Morgan fingerprint density at radius 2 is 1.76 bits per heavy atom. The number of anilines is 1. The third kappa shape index (κ3) is 2.76. The number of carbonyl (C=O) groups excluding carboxylic acids is 1. The van der Waals surface area contributed by atoms with Crippen molar-refractivity contribution in [2.75, 3.05) is 17.8 Å². The van der Waals surface area contributed by atoms with Crippen LogP contribution in [0.5, 0.6) is 5.75 Å². The molecule has 2 aromatic carbocycles. The molecule has 0 N–H and O–H groups in total. The molecule has 0 radical (unpaired) electrons. The number of rotatable bonds is 3. The van der Waals surface area contributed by atoms with E-state index in [0.29, 0.717) is 5.75 Å². The van der Waals surface area contributed by atoms with Crippen LogP contribution in [-0.4, -0.2) is 18.8 Å². The highest BCUT2D eigenvalue weighted by Crippen LogP contribution is 2.41. The fourth-order valence-corrected chi connectivity index (χ4v) is 3.60. The van der Waals surface area contributed by atoms with Gasteiger partial charge in [0.2, 0.25) is 5.91 Å². The number of hydrogen-bond acceptors (Lipinski definition) is 3. The summed E-state index contributed by atoms with van der Waals surface area (Å²) in [6, 6.07) is 16.0. The van der Waals surface area contributed by atoms with Gasteiger partial charge in [-0.1, -0.05) is 29.8 Å². The standard InChI is InChI=1S/C17H17NO2S/c1-12-3-5-13(6-4-12)17-18(16(19)11-21-17)14-7-9-15(20-2)10-8-14/h3-10,17H,11H2,1-2H3/t17-/m0/s1. The lowest BCUT2D eigenvalue weighted by molar-refractivity contribution is -0.115. The Labute approximate surface area is 128 Å². The van der Waals surface area contributed by atoms with Crippen molar-refractivity contribution < 1.29 is 9.53 Å². The molecule has 0 aromatic heterocycles. The van der Waals surface area contributed by atoms with Gasteiger partial charge in [-0.3, -0.25) is 9.69 Å². The van der Waals surface area contributed by atoms with Crippen molar-refractivity contribution in [2.24, 2.45) is 0 Å². The van der Waals surface area contributed by atoms with Crippen molar-refractivity contribution in [1.82, 2.24) is 0 Å². The number of ether oxygens (including phenoxy) is 1. The maximum absolute atomic E-state index is 12.3. The minimum atomic E-state index is 0.0477. The Hall–Kier alpha value is -1.94. The zero-order valence-electron chi connectivity index (χ0n) is 12.1. The van der Waals surface area contributed by atoms with Crippen molar-refractivity contribution in [1.29, 1.82) is 0 Å². The summed E-state index contributed by atoms with van der Waals surface area (Å²) in [6.45, 7) is 2.07. The van der Waals surface area contributed by atoms with Crippen LogP contribution in [0.3, 0.4) is 0 Å². The van der Waals surface area contributed by atoms with Crippen LogP contribution in [0.2, 0.25) is 0 Å². The number of aryl methyl sites for hydroxylation is 1. The fraction of sp³-hybridized carbons (Fsp3) is 0.235. The first-order valence-electron chi connectivity index (χ1n) is 6.83. The van der Waals surface area contributed by atoms with Crippen molar-refractivity contribution in [3.05, 3.63) is 59.7 Å². The average molecular weight is 299 g/mol. The third-order valence-electron chi connectivity index (χ3n) is 3.58. The lowest BCUT2D eigenvalue weighted by Gasteiger charge is -2.24. The zero-order chi connectivity index (χ0) is 14.8. The fourth-order valence-electron chi connectivity index (χ4n) is 2.42. The van der Waals surface area contributed by atoms with E-state index in [1.807, 2.05) is 29.2 Å². The Balaban J connectivity index is 1.93. The monoisotopic (exact) mass is 299 g/mol. The second-order valence-electron chi connectivity index (χ2n) is 5.04. The molecular weight excluding hydrogens is 282 g/mol. The SMILES string of the molecule is COc1ccc(N2C(=O)CS[C@H]2c2ccc(C)cc2)cc1. The van der Waals surface area contributed by atoms with E-state index in [1.54, 1.807) is 18.9 Å². The molecule has 0 spiro atoms. The second-order valence-corrected chi connectivity index (χ2v) is 6.10. The highest BCUT2D eigenvalue weighted by molar-refractivity contribution is 8.00. The quantitative estimate of drug-likeness (QED) is 0.864. The molecule has 1 fully saturated rings. The Morgan fingerprint density at radius 3 is 2.38 bits per heavy atom. The highest BCUT2D eigenvalue weighted by atomic mass is 32.2. The van der Waals surface area contributed by atoms with E-state index in [2.05, 4.69) is 31.2 Å². The van der Waals surface area contributed by atoms with Crippen molar-refractivity contribution >= 4 is 23.4 Å². The first kappa shape index (κ1) is 14.0. The van der Waals surface area contributed by atoms with Gasteiger partial charge in [-0.15, -0.1) is 11.8 Å². The van der Waals surface area contributed by atoms with E-state index in [-0.39, 0.29) is 11.3 Å². The van der Waals surface area contributed by atoms with Crippen molar-refractivity contribution in [3.63, 3.8) is 0 Å². The number of hydrogen-bond donors (Lipinski definition) is 0. The number of carbonyl (C=O) groups is 1. The highest BCUT2D eigenvalue weighted by Gasteiger charge is 2.33. The van der Waals surface area contributed by atoms with E-state index in [4.69, 9.17) is 4.74 Å². The van der Waals surface area contributed by atoms with E-state index in [9.17, 15) is 4.79 Å². The number of thioether (sulfide) groups is 1. The van der Waals surface area contributed by atoms with Crippen LogP contribution < -0.4 is 9.64 Å². The van der Waals surface area contributed by atoms with Gasteiger partial charge in [0, 0.05) is 5.69 Å². The van der Waals surface area contributed by atoms with Gasteiger partial charge in [-0.05, 0) is 36.8 Å². The Kier molecular flexibility index (Phi) is 3.88. The molecule has 0 saturated carbocycles. The van der Waals surface area contributed by atoms with Crippen LogP contribution in [0.1, 0.15) is 16.5 Å². The van der Waals surface area contributed by atoms with Gasteiger partial charge in [-0.25, -0.2) is 0 Å². The van der Waals surface area contributed by atoms with Crippen LogP contribution >= 0.6 is 11.8 Å². The number of nitrogens with zero attached hydrogens (tertiary/aromatic N) is 1. The van der Waals surface area contributed by atoms with E-state index in [1.165, 1.54) is 5.56 Å². The lowest BCUT2D eigenvalue weighted by atomic mass is 10.1.